The summed E-state index contributed by atoms with van der Waals surface area (Å²) in [6, 6.07) is 8.04. The van der Waals surface area contributed by atoms with E-state index >= 15 is 0 Å². The lowest BCUT2D eigenvalue weighted by Gasteiger charge is -2.17. The van der Waals surface area contributed by atoms with Gasteiger partial charge in [-0.1, -0.05) is 12.1 Å². The summed E-state index contributed by atoms with van der Waals surface area (Å²) in [6.45, 7) is 7.74. The number of nitrogens with zero attached hydrogens (tertiary/aromatic N) is 1. The number of nitrogens with one attached hydrogen (secondary N) is 3. The summed E-state index contributed by atoms with van der Waals surface area (Å²) in [6.07, 6.45) is 0.843. The van der Waals surface area contributed by atoms with Crippen LogP contribution in [-0.4, -0.2) is 44.7 Å². The number of anilines is 1. The second-order valence-electron chi connectivity index (χ2n) is 5.39. The van der Waals surface area contributed by atoms with Gasteiger partial charge in [0.25, 0.3) is 0 Å². The first-order chi connectivity index (χ1) is 11.0. The molecule has 0 aliphatic rings. The molecule has 1 amide bonds. The van der Waals surface area contributed by atoms with E-state index in [1.807, 2.05) is 31.2 Å². The number of carbonyl (C=O) groups excluding carboxylic acids is 1. The van der Waals surface area contributed by atoms with Crippen molar-refractivity contribution in [1.29, 1.82) is 0 Å². The van der Waals surface area contributed by atoms with Crippen LogP contribution in [0, 0.1) is 0 Å². The molecule has 1 atom stereocenters. The van der Waals surface area contributed by atoms with Crippen molar-refractivity contribution in [2.75, 3.05) is 32.1 Å². The third-order valence-corrected chi connectivity index (χ3v) is 3.09. The molecule has 6 nitrogen and oxygen atoms in total. The molecule has 1 aromatic rings. The van der Waals surface area contributed by atoms with Crippen LogP contribution in [0.4, 0.5) is 5.69 Å². The van der Waals surface area contributed by atoms with E-state index in [9.17, 15) is 4.79 Å². The molecule has 3 N–H and O–H groups in total. The first-order valence-electron chi connectivity index (χ1n) is 7.95. The Bertz CT molecular complexity index is 506. The van der Waals surface area contributed by atoms with E-state index in [0.29, 0.717) is 13.2 Å². The Morgan fingerprint density at radius 3 is 2.50 bits per heavy atom. The van der Waals surface area contributed by atoms with Crippen molar-refractivity contribution >= 4 is 41.5 Å². The summed E-state index contributed by atoms with van der Waals surface area (Å²) in [5.41, 5.74) is 2.00. The zero-order valence-corrected chi connectivity index (χ0v) is 17.2. The molecule has 24 heavy (non-hydrogen) atoms. The quantitative estimate of drug-likeness (QED) is 0.325. The smallest absolute Gasteiger partial charge is 0.221 e. The highest BCUT2D eigenvalue weighted by Crippen LogP contribution is 2.10. The average Bonchev–Trinajstić information content (AvgIpc) is 2.49. The van der Waals surface area contributed by atoms with Crippen LogP contribution >= 0.6 is 24.0 Å². The lowest BCUT2D eigenvalue weighted by Crippen LogP contribution is -2.44. The SMILES string of the molecule is CCNC(=NCCc1ccc(NC(C)=O)cc1)NC(C)COC.I. The van der Waals surface area contributed by atoms with Gasteiger partial charge in [0.2, 0.25) is 5.91 Å². The third kappa shape index (κ3) is 9.71. The topological polar surface area (TPSA) is 74.8 Å². The van der Waals surface area contributed by atoms with E-state index in [0.717, 1.165) is 24.6 Å². The van der Waals surface area contributed by atoms with E-state index in [1.165, 1.54) is 12.5 Å². The minimum atomic E-state index is -0.0612. The van der Waals surface area contributed by atoms with E-state index in [1.54, 1.807) is 7.11 Å². The molecule has 0 spiro atoms. The Morgan fingerprint density at radius 2 is 1.96 bits per heavy atom. The summed E-state index contributed by atoms with van der Waals surface area (Å²) in [7, 11) is 1.69. The summed E-state index contributed by atoms with van der Waals surface area (Å²) < 4.78 is 5.12. The minimum absolute atomic E-state index is 0. The number of halogens is 1. The van der Waals surface area contributed by atoms with Gasteiger partial charge in [-0.3, -0.25) is 9.79 Å². The van der Waals surface area contributed by atoms with Crippen molar-refractivity contribution < 1.29 is 9.53 Å². The number of aliphatic imine (C=N–C) groups is 1. The fourth-order valence-electron chi connectivity index (χ4n) is 2.10. The van der Waals surface area contributed by atoms with Crippen molar-refractivity contribution in [1.82, 2.24) is 10.6 Å². The first kappa shape index (κ1) is 22.6. The standard InChI is InChI=1S/C17H28N4O2.HI/c1-5-18-17(20-13(2)12-23-4)19-11-10-15-6-8-16(9-7-15)21-14(3)22;/h6-9,13H,5,10-12H2,1-4H3,(H,21,22)(H2,18,19,20);1H. The molecule has 0 radical (unpaired) electrons. The zero-order chi connectivity index (χ0) is 17.1. The molecule has 0 saturated heterocycles. The van der Waals surface area contributed by atoms with Gasteiger partial charge in [-0.25, -0.2) is 0 Å². The predicted molar refractivity (Wildman–Crippen MR) is 110 cm³/mol. The number of carbonyl (C=O) groups is 1. The average molecular weight is 448 g/mol. The summed E-state index contributed by atoms with van der Waals surface area (Å²) >= 11 is 0. The second kappa shape index (κ2) is 13.0. The molecule has 0 aliphatic carbocycles. The maximum Gasteiger partial charge on any atom is 0.221 e. The lowest BCUT2D eigenvalue weighted by molar-refractivity contribution is -0.114. The Balaban J connectivity index is 0.00000529. The molecular formula is C17H29IN4O2. The van der Waals surface area contributed by atoms with Crippen molar-refractivity contribution in [3.63, 3.8) is 0 Å². The van der Waals surface area contributed by atoms with Gasteiger partial charge in [-0.15, -0.1) is 24.0 Å². The van der Waals surface area contributed by atoms with Crippen LogP contribution in [0.2, 0.25) is 0 Å². The van der Waals surface area contributed by atoms with Gasteiger partial charge in [0.05, 0.1) is 6.61 Å². The molecule has 136 valence electrons. The number of benzene rings is 1. The van der Waals surface area contributed by atoms with Crippen molar-refractivity contribution in [3.8, 4) is 0 Å². The molecule has 7 heteroatoms. The van der Waals surface area contributed by atoms with Crippen LogP contribution < -0.4 is 16.0 Å². The van der Waals surface area contributed by atoms with Gasteiger partial charge in [0, 0.05) is 38.9 Å². The molecule has 0 aliphatic heterocycles. The maximum absolute atomic E-state index is 11.0. The largest absolute Gasteiger partial charge is 0.383 e. The number of ether oxygens (including phenoxy) is 1. The summed E-state index contributed by atoms with van der Waals surface area (Å²) in [4.78, 5) is 15.6. The van der Waals surface area contributed by atoms with Crippen LogP contribution in [0.3, 0.4) is 0 Å². The number of rotatable bonds is 8. The number of methoxy groups -OCH3 is 1. The number of guanidine groups is 1. The monoisotopic (exact) mass is 448 g/mol. The van der Waals surface area contributed by atoms with Gasteiger partial charge in [0.1, 0.15) is 0 Å². The van der Waals surface area contributed by atoms with Gasteiger partial charge < -0.3 is 20.7 Å². The Hall–Kier alpha value is -1.35. The zero-order valence-electron chi connectivity index (χ0n) is 14.9. The second-order valence-corrected chi connectivity index (χ2v) is 5.39. The molecule has 0 fully saturated rings. The molecule has 0 aromatic heterocycles. The number of hydrogen-bond donors (Lipinski definition) is 3. The highest BCUT2D eigenvalue weighted by Gasteiger charge is 2.04. The van der Waals surface area contributed by atoms with E-state index in [-0.39, 0.29) is 35.9 Å². The Kier molecular flexibility index (Phi) is 12.3. The maximum atomic E-state index is 11.0. The first-order valence-corrected chi connectivity index (χ1v) is 7.95. The molecular weight excluding hydrogens is 419 g/mol. The van der Waals surface area contributed by atoms with Crippen molar-refractivity contribution in [2.24, 2.45) is 4.99 Å². The van der Waals surface area contributed by atoms with Gasteiger partial charge in [-0.2, -0.15) is 0 Å². The Morgan fingerprint density at radius 1 is 1.29 bits per heavy atom. The van der Waals surface area contributed by atoms with E-state index in [4.69, 9.17) is 4.74 Å². The van der Waals surface area contributed by atoms with Crippen LogP contribution in [0.25, 0.3) is 0 Å². The van der Waals surface area contributed by atoms with Crippen LogP contribution in [0.15, 0.2) is 29.3 Å². The molecule has 0 saturated carbocycles. The summed E-state index contributed by atoms with van der Waals surface area (Å²) in [5.74, 6) is 0.737. The Labute approximate surface area is 161 Å². The molecule has 1 unspecified atom stereocenters. The molecule has 1 rings (SSSR count). The fourth-order valence-corrected chi connectivity index (χ4v) is 2.10. The fraction of sp³-hybridized carbons (Fsp3) is 0.529. The predicted octanol–water partition coefficient (Wildman–Crippen LogP) is 2.40. The van der Waals surface area contributed by atoms with E-state index in [2.05, 4.69) is 27.9 Å². The van der Waals surface area contributed by atoms with Gasteiger partial charge in [-0.05, 0) is 38.0 Å². The normalized spacial score (nSPS) is 12.1. The number of amides is 1. The molecule has 0 bridgehead atoms. The third-order valence-electron chi connectivity index (χ3n) is 3.09. The van der Waals surface area contributed by atoms with Crippen LogP contribution in [0.5, 0.6) is 0 Å². The van der Waals surface area contributed by atoms with Crippen LogP contribution in [-0.2, 0) is 16.0 Å². The lowest BCUT2D eigenvalue weighted by atomic mass is 10.1. The van der Waals surface area contributed by atoms with Gasteiger partial charge >= 0.3 is 0 Å². The molecule has 1 aromatic carbocycles. The highest BCUT2D eigenvalue weighted by atomic mass is 127. The minimum Gasteiger partial charge on any atom is -0.383 e. The van der Waals surface area contributed by atoms with Crippen molar-refractivity contribution in [3.05, 3.63) is 29.8 Å². The van der Waals surface area contributed by atoms with Crippen molar-refractivity contribution in [2.45, 2.75) is 33.2 Å². The number of hydrogen-bond acceptors (Lipinski definition) is 3. The van der Waals surface area contributed by atoms with E-state index < -0.39 is 0 Å². The highest BCUT2D eigenvalue weighted by molar-refractivity contribution is 14.0. The van der Waals surface area contributed by atoms with Crippen LogP contribution in [0.1, 0.15) is 26.3 Å². The summed E-state index contributed by atoms with van der Waals surface area (Å²) in [5, 5.41) is 9.29. The van der Waals surface area contributed by atoms with Gasteiger partial charge in [0.15, 0.2) is 5.96 Å². The molecule has 0 heterocycles.